The number of carbonyl (C=O) groups excluding carboxylic acids is 1. The SMILES string of the molecule is CCC1CCC(CNC(=O)N(C)C)CC1. The molecule has 1 N–H and O–H groups in total. The van der Waals surface area contributed by atoms with Crippen molar-refractivity contribution in [3.8, 4) is 0 Å². The van der Waals surface area contributed by atoms with Gasteiger partial charge in [0.1, 0.15) is 0 Å². The Labute approximate surface area is 93.2 Å². The first-order valence-corrected chi connectivity index (χ1v) is 6.08. The van der Waals surface area contributed by atoms with Crippen LogP contribution in [0.2, 0.25) is 0 Å². The van der Waals surface area contributed by atoms with Crippen LogP contribution in [0.15, 0.2) is 0 Å². The van der Waals surface area contributed by atoms with E-state index in [0.29, 0.717) is 5.92 Å². The second-order valence-electron chi connectivity index (χ2n) is 4.88. The third-order valence-corrected chi connectivity index (χ3v) is 3.49. The maximum absolute atomic E-state index is 11.3. The molecule has 0 atom stereocenters. The smallest absolute Gasteiger partial charge is 0.316 e. The fraction of sp³-hybridized carbons (Fsp3) is 0.917. The van der Waals surface area contributed by atoms with Crippen molar-refractivity contribution >= 4 is 6.03 Å². The van der Waals surface area contributed by atoms with Crippen molar-refractivity contribution in [2.45, 2.75) is 39.0 Å². The highest BCUT2D eigenvalue weighted by atomic mass is 16.2. The highest BCUT2D eigenvalue weighted by Crippen LogP contribution is 2.29. The molecule has 0 heterocycles. The second kappa shape index (κ2) is 5.99. The van der Waals surface area contributed by atoms with E-state index >= 15 is 0 Å². The molecule has 0 unspecified atom stereocenters. The minimum atomic E-state index is 0.0348. The molecular formula is C12H24N2O. The molecule has 88 valence electrons. The molecule has 15 heavy (non-hydrogen) atoms. The number of urea groups is 1. The Kier molecular flexibility index (Phi) is 4.92. The molecule has 0 aromatic heterocycles. The molecule has 0 saturated heterocycles. The minimum absolute atomic E-state index is 0.0348. The topological polar surface area (TPSA) is 32.3 Å². The second-order valence-corrected chi connectivity index (χ2v) is 4.88. The molecular weight excluding hydrogens is 188 g/mol. The molecule has 0 aromatic carbocycles. The van der Waals surface area contributed by atoms with Gasteiger partial charge in [-0.25, -0.2) is 4.79 Å². The van der Waals surface area contributed by atoms with Crippen LogP contribution in [0, 0.1) is 11.8 Å². The normalized spacial score (nSPS) is 26.1. The third-order valence-electron chi connectivity index (χ3n) is 3.49. The van der Waals surface area contributed by atoms with E-state index in [1.165, 1.54) is 32.1 Å². The number of rotatable bonds is 3. The summed E-state index contributed by atoms with van der Waals surface area (Å²) in [6.45, 7) is 3.13. The molecule has 1 saturated carbocycles. The lowest BCUT2D eigenvalue weighted by Crippen LogP contribution is -2.38. The number of amides is 2. The largest absolute Gasteiger partial charge is 0.338 e. The van der Waals surface area contributed by atoms with Gasteiger partial charge in [0.05, 0.1) is 0 Å². The maximum atomic E-state index is 11.3. The van der Waals surface area contributed by atoms with Crippen molar-refractivity contribution < 1.29 is 4.79 Å². The molecule has 1 aliphatic rings. The predicted octanol–water partition coefficient (Wildman–Crippen LogP) is 2.47. The van der Waals surface area contributed by atoms with E-state index in [0.717, 1.165) is 12.5 Å². The molecule has 0 radical (unpaired) electrons. The summed E-state index contributed by atoms with van der Waals surface area (Å²) in [5.41, 5.74) is 0. The molecule has 3 nitrogen and oxygen atoms in total. The van der Waals surface area contributed by atoms with E-state index in [4.69, 9.17) is 0 Å². The molecule has 1 fully saturated rings. The summed E-state index contributed by atoms with van der Waals surface area (Å²) in [5, 5.41) is 2.97. The van der Waals surface area contributed by atoms with E-state index in [-0.39, 0.29) is 6.03 Å². The van der Waals surface area contributed by atoms with Crippen molar-refractivity contribution in [1.29, 1.82) is 0 Å². The van der Waals surface area contributed by atoms with E-state index in [2.05, 4.69) is 12.2 Å². The average Bonchev–Trinajstić information content (AvgIpc) is 2.26. The molecule has 3 heteroatoms. The third kappa shape index (κ3) is 4.10. The van der Waals surface area contributed by atoms with Crippen LogP contribution in [-0.2, 0) is 0 Å². The van der Waals surface area contributed by atoms with Gasteiger partial charge < -0.3 is 10.2 Å². The van der Waals surface area contributed by atoms with Crippen molar-refractivity contribution in [2.75, 3.05) is 20.6 Å². The minimum Gasteiger partial charge on any atom is -0.338 e. The van der Waals surface area contributed by atoms with Crippen LogP contribution in [0.3, 0.4) is 0 Å². The number of hydrogen-bond donors (Lipinski definition) is 1. The molecule has 2 amide bonds. The monoisotopic (exact) mass is 212 g/mol. The quantitative estimate of drug-likeness (QED) is 0.766. The summed E-state index contributed by atoms with van der Waals surface area (Å²) < 4.78 is 0. The molecule has 1 aliphatic carbocycles. The lowest BCUT2D eigenvalue weighted by Gasteiger charge is -2.28. The Morgan fingerprint density at radius 3 is 2.20 bits per heavy atom. The van der Waals surface area contributed by atoms with Gasteiger partial charge in [0, 0.05) is 20.6 Å². The fourth-order valence-electron chi connectivity index (χ4n) is 2.23. The average molecular weight is 212 g/mol. The number of nitrogens with one attached hydrogen (secondary N) is 1. The van der Waals surface area contributed by atoms with Gasteiger partial charge in [-0.1, -0.05) is 26.2 Å². The first kappa shape index (κ1) is 12.3. The van der Waals surface area contributed by atoms with Gasteiger partial charge in [0.25, 0.3) is 0 Å². The van der Waals surface area contributed by atoms with Crippen molar-refractivity contribution in [3.05, 3.63) is 0 Å². The van der Waals surface area contributed by atoms with Crippen LogP contribution < -0.4 is 5.32 Å². The number of nitrogens with zero attached hydrogens (tertiary/aromatic N) is 1. The van der Waals surface area contributed by atoms with Gasteiger partial charge in [0.15, 0.2) is 0 Å². The summed E-state index contributed by atoms with van der Waals surface area (Å²) in [6, 6.07) is 0.0348. The van der Waals surface area contributed by atoms with Crippen LogP contribution in [0.5, 0.6) is 0 Å². The number of carbonyl (C=O) groups is 1. The zero-order valence-electron chi connectivity index (χ0n) is 10.3. The molecule has 0 aliphatic heterocycles. The van der Waals surface area contributed by atoms with Gasteiger partial charge in [-0.3, -0.25) is 0 Å². The Hall–Kier alpha value is -0.730. The summed E-state index contributed by atoms with van der Waals surface area (Å²) in [5.74, 6) is 1.64. The molecule has 1 rings (SSSR count). The van der Waals surface area contributed by atoms with Gasteiger partial charge in [0.2, 0.25) is 0 Å². The summed E-state index contributed by atoms with van der Waals surface area (Å²) >= 11 is 0. The Morgan fingerprint density at radius 2 is 1.73 bits per heavy atom. The molecule has 0 spiro atoms. The zero-order valence-corrected chi connectivity index (χ0v) is 10.3. The Balaban J connectivity index is 2.16. The lowest BCUT2D eigenvalue weighted by atomic mass is 9.81. The molecule has 0 aromatic rings. The van der Waals surface area contributed by atoms with Crippen LogP contribution >= 0.6 is 0 Å². The van der Waals surface area contributed by atoms with Crippen molar-refractivity contribution in [1.82, 2.24) is 10.2 Å². The summed E-state index contributed by atoms with van der Waals surface area (Å²) in [4.78, 5) is 12.9. The van der Waals surface area contributed by atoms with E-state index < -0.39 is 0 Å². The van der Waals surface area contributed by atoms with Crippen LogP contribution in [-0.4, -0.2) is 31.6 Å². The highest BCUT2D eigenvalue weighted by molar-refractivity contribution is 5.73. The summed E-state index contributed by atoms with van der Waals surface area (Å²) in [6.07, 6.45) is 6.58. The van der Waals surface area contributed by atoms with Crippen molar-refractivity contribution in [3.63, 3.8) is 0 Å². The van der Waals surface area contributed by atoms with E-state index in [1.54, 1.807) is 19.0 Å². The standard InChI is InChI=1S/C12H24N2O/c1-4-10-5-7-11(8-6-10)9-13-12(15)14(2)3/h10-11H,4-9H2,1-3H3,(H,13,15). The number of hydrogen-bond acceptors (Lipinski definition) is 1. The van der Waals surface area contributed by atoms with Gasteiger partial charge in [-0.05, 0) is 24.7 Å². The predicted molar refractivity (Wildman–Crippen MR) is 62.8 cm³/mol. The first-order valence-electron chi connectivity index (χ1n) is 6.08. The maximum Gasteiger partial charge on any atom is 0.316 e. The lowest BCUT2D eigenvalue weighted by molar-refractivity contribution is 0.209. The van der Waals surface area contributed by atoms with Gasteiger partial charge >= 0.3 is 6.03 Å². The Morgan fingerprint density at radius 1 is 1.20 bits per heavy atom. The molecule has 0 bridgehead atoms. The zero-order chi connectivity index (χ0) is 11.3. The van der Waals surface area contributed by atoms with Gasteiger partial charge in [-0.2, -0.15) is 0 Å². The fourth-order valence-corrected chi connectivity index (χ4v) is 2.23. The summed E-state index contributed by atoms with van der Waals surface area (Å²) in [7, 11) is 3.56. The van der Waals surface area contributed by atoms with Crippen LogP contribution in [0.1, 0.15) is 39.0 Å². The van der Waals surface area contributed by atoms with Crippen molar-refractivity contribution in [2.24, 2.45) is 11.8 Å². The first-order chi connectivity index (χ1) is 7.13. The van der Waals surface area contributed by atoms with Crippen LogP contribution in [0.25, 0.3) is 0 Å². The highest BCUT2D eigenvalue weighted by Gasteiger charge is 2.20. The van der Waals surface area contributed by atoms with E-state index in [1.807, 2.05) is 0 Å². The van der Waals surface area contributed by atoms with Gasteiger partial charge in [-0.15, -0.1) is 0 Å². The van der Waals surface area contributed by atoms with Crippen LogP contribution in [0.4, 0.5) is 4.79 Å². The Bertz CT molecular complexity index is 196. The van der Waals surface area contributed by atoms with E-state index in [9.17, 15) is 4.79 Å².